The zero-order valence-electron chi connectivity index (χ0n) is 14.7. The number of hydrogen-bond acceptors (Lipinski definition) is 11. The summed E-state index contributed by atoms with van der Waals surface area (Å²) in [6.45, 7) is -4.75. The lowest BCUT2D eigenvalue weighted by Crippen LogP contribution is -2.74. The van der Waals surface area contributed by atoms with Crippen molar-refractivity contribution in [2.75, 3.05) is 46.4 Å². The van der Waals surface area contributed by atoms with Gasteiger partial charge in [-0.1, -0.05) is 0 Å². The molecule has 12 heteroatoms. The van der Waals surface area contributed by atoms with E-state index in [-0.39, 0.29) is 6.61 Å². The maximum atomic E-state index is 12.4. The lowest BCUT2D eigenvalue weighted by Gasteiger charge is -2.51. The van der Waals surface area contributed by atoms with Crippen LogP contribution in [0.25, 0.3) is 0 Å². The number of rotatable bonds is 11. The van der Waals surface area contributed by atoms with E-state index in [9.17, 15) is 35.4 Å². The average molecular weight is 388 g/mol. The van der Waals surface area contributed by atoms with Crippen molar-refractivity contribution in [2.24, 2.45) is 5.41 Å². The van der Waals surface area contributed by atoms with Gasteiger partial charge in [0.25, 0.3) is 5.97 Å². The van der Waals surface area contributed by atoms with Crippen LogP contribution in [-0.4, -0.2) is 110 Å². The van der Waals surface area contributed by atoms with Gasteiger partial charge in [-0.15, -0.1) is 0 Å². The topological polar surface area (TPSA) is 214 Å². The molecular weight excluding hydrogens is 360 g/mol. The first-order valence-electron chi connectivity index (χ1n) is 7.46. The maximum Gasteiger partial charge on any atom is 0.320 e. The van der Waals surface area contributed by atoms with Gasteiger partial charge >= 0.3 is 5.97 Å². The largest absolute Gasteiger partial charge is 0.481 e. The first-order chi connectivity index (χ1) is 12.1. The van der Waals surface area contributed by atoms with Crippen LogP contribution in [0.3, 0.4) is 0 Å². The van der Waals surface area contributed by atoms with Gasteiger partial charge in [-0.25, -0.2) is 0 Å². The highest BCUT2D eigenvalue weighted by Gasteiger charge is 2.69. The molecule has 0 aliphatic rings. The standard InChI is InChI=1S/C12H24O10.C2H4O2/c1-2-21-9(19)12(7-17,10(20,3-13)4-14)11(5-15,6-16)22-8-18;1-2(3)4/h13-18,20H,2-8H2,1H3;1H3,(H,3,4). The number of carbonyl (C=O) groups is 2. The van der Waals surface area contributed by atoms with Gasteiger partial charge in [-0.3, -0.25) is 9.59 Å². The molecule has 26 heavy (non-hydrogen) atoms. The number of carboxylic acids is 1. The van der Waals surface area contributed by atoms with E-state index in [1.165, 1.54) is 6.92 Å². The monoisotopic (exact) mass is 388 g/mol. The number of hydrogen-bond donors (Lipinski definition) is 8. The van der Waals surface area contributed by atoms with E-state index in [0.29, 0.717) is 0 Å². The Morgan fingerprint density at radius 3 is 1.54 bits per heavy atom. The molecule has 1 unspecified atom stereocenters. The number of esters is 1. The summed E-state index contributed by atoms with van der Waals surface area (Å²) in [5, 5.41) is 74.4. The Labute approximate surface area is 149 Å². The van der Waals surface area contributed by atoms with Gasteiger partial charge in [0.15, 0.2) is 5.41 Å². The molecule has 8 N–H and O–H groups in total. The molecule has 0 fully saturated rings. The van der Waals surface area contributed by atoms with E-state index in [0.717, 1.165) is 6.92 Å². The predicted octanol–water partition coefficient (Wildman–Crippen LogP) is -3.98. The molecule has 0 aliphatic carbocycles. The zero-order chi connectivity index (χ0) is 21.0. The SMILES string of the molecule is CC(=O)O.CCOC(=O)C(CO)(C(O)(CO)CO)C(CO)(CO)OCO. The van der Waals surface area contributed by atoms with E-state index < -0.39 is 68.4 Å². The smallest absolute Gasteiger partial charge is 0.320 e. The van der Waals surface area contributed by atoms with Crippen molar-refractivity contribution in [3.63, 3.8) is 0 Å². The molecule has 0 aromatic heterocycles. The summed E-state index contributed by atoms with van der Waals surface area (Å²) in [4.78, 5) is 21.4. The van der Waals surface area contributed by atoms with Gasteiger partial charge in [0.2, 0.25) is 0 Å². The van der Waals surface area contributed by atoms with Crippen molar-refractivity contribution >= 4 is 11.9 Å². The summed E-state index contributed by atoms with van der Waals surface area (Å²) >= 11 is 0. The third-order valence-corrected chi connectivity index (χ3v) is 3.81. The number of aliphatic hydroxyl groups excluding tert-OH is 6. The Hall–Kier alpha value is -1.38. The Balaban J connectivity index is 0. The summed E-state index contributed by atoms with van der Waals surface area (Å²) in [6.07, 6.45) is 0. The zero-order valence-corrected chi connectivity index (χ0v) is 14.7. The molecule has 0 saturated heterocycles. The number of carboxylic acid groups (broad SMARTS) is 1. The molecule has 0 spiro atoms. The quantitative estimate of drug-likeness (QED) is 0.126. The summed E-state index contributed by atoms with van der Waals surface area (Å²) in [7, 11) is 0. The lowest BCUT2D eigenvalue weighted by molar-refractivity contribution is -0.286. The highest BCUT2D eigenvalue weighted by Crippen LogP contribution is 2.45. The van der Waals surface area contributed by atoms with Crippen molar-refractivity contribution in [3.8, 4) is 0 Å². The summed E-state index contributed by atoms with van der Waals surface area (Å²) in [5.41, 5.74) is -7.80. The maximum absolute atomic E-state index is 12.4. The van der Waals surface area contributed by atoms with Gasteiger partial charge in [0.1, 0.15) is 18.0 Å². The molecule has 0 aromatic rings. The Bertz CT molecular complexity index is 414. The highest BCUT2D eigenvalue weighted by molar-refractivity contribution is 5.81. The van der Waals surface area contributed by atoms with Gasteiger partial charge in [-0.2, -0.15) is 0 Å². The second-order valence-corrected chi connectivity index (χ2v) is 5.23. The third-order valence-electron chi connectivity index (χ3n) is 3.81. The number of carbonyl (C=O) groups excluding carboxylic acids is 1. The minimum Gasteiger partial charge on any atom is -0.481 e. The van der Waals surface area contributed by atoms with E-state index in [4.69, 9.17) is 24.5 Å². The fourth-order valence-corrected chi connectivity index (χ4v) is 2.39. The minimum absolute atomic E-state index is 0.195. The molecule has 0 bridgehead atoms. The minimum atomic E-state index is -2.71. The Morgan fingerprint density at radius 2 is 1.31 bits per heavy atom. The fraction of sp³-hybridized carbons (Fsp3) is 0.857. The van der Waals surface area contributed by atoms with E-state index in [1.54, 1.807) is 0 Å². The van der Waals surface area contributed by atoms with E-state index in [1.807, 2.05) is 0 Å². The Kier molecular flexibility index (Phi) is 12.5. The van der Waals surface area contributed by atoms with Crippen LogP contribution in [0.5, 0.6) is 0 Å². The van der Waals surface area contributed by atoms with Crippen LogP contribution in [-0.2, 0) is 19.1 Å². The average Bonchev–Trinajstić information content (AvgIpc) is 2.61. The van der Waals surface area contributed by atoms with Crippen molar-refractivity contribution in [1.29, 1.82) is 0 Å². The first kappa shape index (κ1) is 26.8. The normalized spacial score (nSPS) is 14.0. The second-order valence-electron chi connectivity index (χ2n) is 5.23. The van der Waals surface area contributed by atoms with Crippen LogP contribution < -0.4 is 0 Å². The van der Waals surface area contributed by atoms with Crippen molar-refractivity contribution in [2.45, 2.75) is 25.0 Å². The number of aliphatic hydroxyl groups is 7. The number of aliphatic carboxylic acids is 1. The van der Waals surface area contributed by atoms with Crippen LogP contribution >= 0.6 is 0 Å². The van der Waals surface area contributed by atoms with Crippen molar-refractivity contribution < 1.29 is 59.9 Å². The highest BCUT2D eigenvalue weighted by atomic mass is 16.6. The summed E-state index contributed by atoms with van der Waals surface area (Å²) in [6, 6.07) is 0. The fourth-order valence-electron chi connectivity index (χ4n) is 2.39. The number of ether oxygens (including phenoxy) is 2. The summed E-state index contributed by atoms with van der Waals surface area (Å²) < 4.78 is 9.55. The van der Waals surface area contributed by atoms with Gasteiger partial charge in [-0.05, 0) is 6.92 Å². The van der Waals surface area contributed by atoms with Crippen molar-refractivity contribution in [1.82, 2.24) is 0 Å². The van der Waals surface area contributed by atoms with E-state index in [2.05, 4.69) is 0 Å². The van der Waals surface area contributed by atoms with E-state index >= 15 is 0 Å². The molecule has 0 aromatic carbocycles. The lowest BCUT2D eigenvalue weighted by atomic mass is 9.61. The van der Waals surface area contributed by atoms with Crippen LogP contribution in [0.15, 0.2) is 0 Å². The van der Waals surface area contributed by atoms with Gasteiger partial charge < -0.3 is 50.3 Å². The first-order valence-corrected chi connectivity index (χ1v) is 7.46. The molecule has 156 valence electrons. The molecule has 0 radical (unpaired) electrons. The van der Waals surface area contributed by atoms with Gasteiger partial charge in [0.05, 0.1) is 39.6 Å². The van der Waals surface area contributed by atoms with Crippen molar-refractivity contribution in [3.05, 3.63) is 0 Å². The molecule has 0 rings (SSSR count). The van der Waals surface area contributed by atoms with Crippen LogP contribution in [0.2, 0.25) is 0 Å². The summed E-state index contributed by atoms with van der Waals surface area (Å²) in [5.74, 6) is -2.17. The second kappa shape index (κ2) is 12.1. The molecule has 0 aliphatic heterocycles. The van der Waals surface area contributed by atoms with Crippen LogP contribution in [0, 0.1) is 5.41 Å². The Morgan fingerprint density at radius 1 is 0.885 bits per heavy atom. The molecule has 1 atom stereocenters. The van der Waals surface area contributed by atoms with Crippen LogP contribution in [0.4, 0.5) is 0 Å². The molecule has 0 saturated carbocycles. The third kappa shape index (κ3) is 5.31. The predicted molar refractivity (Wildman–Crippen MR) is 83.7 cm³/mol. The molecule has 12 nitrogen and oxygen atoms in total. The van der Waals surface area contributed by atoms with Gasteiger partial charge in [0, 0.05) is 6.92 Å². The molecule has 0 amide bonds. The molecule has 0 heterocycles. The van der Waals surface area contributed by atoms with Crippen LogP contribution in [0.1, 0.15) is 13.8 Å². The molecular formula is C14H28O12.